The quantitative estimate of drug-likeness (QED) is 0.266. The normalized spacial score (nSPS) is 10.2. The van der Waals surface area contributed by atoms with Crippen molar-refractivity contribution in [2.45, 2.75) is 13.8 Å². The van der Waals surface area contributed by atoms with E-state index in [1.54, 1.807) is 18.2 Å². The van der Waals surface area contributed by atoms with Gasteiger partial charge in [-0.1, -0.05) is 0 Å². The monoisotopic (exact) mass is 264 g/mol. The maximum Gasteiger partial charge on any atom is 0.308 e. The summed E-state index contributed by atoms with van der Waals surface area (Å²) in [6, 6.07) is 4.99. The summed E-state index contributed by atoms with van der Waals surface area (Å²) in [7, 11) is 0. The smallest absolute Gasteiger partial charge is 0.308 e. The molecule has 0 aliphatic rings. The number of esters is 1. The Morgan fingerprint density at radius 3 is 2.68 bits per heavy atom. The number of ether oxygens (including phenoxy) is 2. The van der Waals surface area contributed by atoms with Crippen LogP contribution >= 0.6 is 0 Å². The van der Waals surface area contributed by atoms with Gasteiger partial charge in [0, 0.05) is 6.92 Å². The molecule has 102 valence electrons. The first kappa shape index (κ1) is 14.5. The fourth-order valence-corrected chi connectivity index (χ4v) is 1.27. The SMILES string of the molecule is CCOc1cc(C=NN=C(N)N)ccc1OC(C)=O. The van der Waals surface area contributed by atoms with E-state index < -0.39 is 5.97 Å². The molecule has 7 nitrogen and oxygen atoms in total. The Balaban J connectivity index is 2.98. The lowest BCUT2D eigenvalue weighted by Gasteiger charge is -2.09. The summed E-state index contributed by atoms with van der Waals surface area (Å²) in [6.07, 6.45) is 1.46. The van der Waals surface area contributed by atoms with Crippen molar-refractivity contribution in [3.05, 3.63) is 23.8 Å². The summed E-state index contributed by atoms with van der Waals surface area (Å²) < 4.78 is 10.4. The highest BCUT2D eigenvalue weighted by Crippen LogP contribution is 2.28. The zero-order valence-corrected chi connectivity index (χ0v) is 10.8. The first-order valence-electron chi connectivity index (χ1n) is 5.60. The number of nitrogens with two attached hydrogens (primary N) is 2. The van der Waals surface area contributed by atoms with E-state index in [1.165, 1.54) is 13.1 Å². The van der Waals surface area contributed by atoms with Gasteiger partial charge in [-0.05, 0) is 30.7 Å². The van der Waals surface area contributed by atoms with Gasteiger partial charge in [0.25, 0.3) is 0 Å². The van der Waals surface area contributed by atoms with Crippen LogP contribution in [-0.2, 0) is 4.79 Å². The lowest BCUT2D eigenvalue weighted by Crippen LogP contribution is -2.21. The third-order valence-corrected chi connectivity index (χ3v) is 1.90. The second-order valence-corrected chi connectivity index (χ2v) is 3.50. The van der Waals surface area contributed by atoms with Gasteiger partial charge in [0.2, 0.25) is 5.96 Å². The molecule has 0 aliphatic carbocycles. The Kier molecular flexibility index (Phi) is 5.34. The molecule has 0 bridgehead atoms. The van der Waals surface area contributed by atoms with Crippen LogP contribution in [0.4, 0.5) is 0 Å². The van der Waals surface area contributed by atoms with Crippen molar-refractivity contribution in [2.24, 2.45) is 21.7 Å². The second kappa shape index (κ2) is 7.00. The van der Waals surface area contributed by atoms with Gasteiger partial charge in [0.15, 0.2) is 11.5 Å². The molecule has 19 heavy (non-hydrogen) atoms. The lowest BCUT2D eigenvalue weighted by molar-refractivity contribution is -0.132. The maximum atomic E-state index is 11.0. The molecule has 7 heteroatoms. The average molecular weight is 264 g/mol. The number of carbonyl (C=O) groups is 1. The van der Waals surface area contributed by atoms with E-state index in [9.17, 15) is 4.79 Å². The fraction of sp³-hybridized carbons (Fsp3) is 0.250. The Morgan fingerprint density at radius 2 is 2.11 bits per heavy atom. The first-order chi connectivity index (χ1) is 9.02. The van der Waals surface area contributed by atoms with Crippen LogP contribution in [0.3, 0.4) is 0 Å². The lowest BCUT2D eigenvalue weighted by atomic mass is 10.2. The predicted molar refractivity (Wildman–Crippen MR) is 72.3 cm³/mol. The molecule has 0 saturated carbocycles. The van der Waals surface area contributed by atoms with E-state index in [0.29, 0.717) is 23.7 Å². The molecule has 0 heterocycles. The molecule has 0 unspecified atom stereocenters. The molecule has 0 atom stereocenters. The first-order valence-corrected chi connectivity index (χ1v) is 5.60. The summed E-state index contributed by atoms with van der Waals surface area (Å²) in [5, 5.41) is 7.16. The van der Waals surface area contributed by atoms with Gasteiger partial charge in [-0.25, -0.2) is 0 Å². The summed E-state index contributed by atoms with van der Waals surface area (Å²) >= 11 is 0. The fourth-order valence-electron chi connectivity index (χ4n) is 1.27. The van der Waals surface area contributed by atoms with Gasteiger partial charge in [-0.15, -0.1) is 5.10 Å². The number of nitrogens with zero attached hydrogens (tertiary/aromatic N) is 2. The number of rotatable bonds is 5. The van der Waals surface area contributed by atoms with Crippen molar-refractivity contribution in [1.82, 2.24) is 0 Å². The van der Waals surface area contributed by atoms with Crippen molar-refractivity contribution < 1.29 is 14.3 Å². The number of guanidine groups is 1. The van der Waals surface area contributed by atoms with Crippen LogP contribution < -0.4 is 20.9 Å². The molecule has 1 aromatic carbocycles. The van der Waals surface area contributed by atoms with Gasteiger partial charge in [-0.3, -0.25) is 4.79 Å². The highest BCUT2D eigenvalue weighted by molar-refractivity contribution is 5.83. The van der Waals surface area contributed by atoms with E-state index >= 15 is 0 Å². The average Bonchev–Trinajstić information content (AvgIpc) is 2.31. The van der Waals surface area contributed by atoms with E-state index in [1.807, 2.05) is 6.92 Å². The summed E-state index contributed by atoms with van der Waals surface area (Å²) in [4.78, 5) is 11.0. The van der Waals surface area contributed by atoms with Crippen LogP contribution in [-0.4, -0.2) is 24.8 Å². The highest BCUT2D eigenvalue weighted by Gasteiger charge is 2.07. The van der Waals surface area contributed by atoms with Crippen molar-refractivity contribution >= 4 is 18.1 Å². The minimum Gasteiger partial charge on any atom is -0.490 e. The van der Waals surface area contributed by atoms with E-state index in [2.05, 4.69) is 10.2 Å². The Hall–Kier alpha value is -2.57. The molecule has 1 rings (SSSR count). The molecular weight excluding hydrogens is 248 g/mol. The minimum atomic E-state index is -0.414. The van der Waals surface area contributed by atoms with Gasteiger partial charge >= 0.3 is 5.97 Å². The minimum absolute atomic E-state index is 0.127. The van der Waals surface area contributed by atoms with E-state index in [4.69, 9.17) is 20.9 Å². The predicted octanol–water partition coefficient (Wildman–Crippen LogP) is 0.618. The van der Waals surface area contributed by atoms with Crippen LogP contribution in [0.2, 0.25) is 0 Å². The summed E-state index contributed by atoms with van der Waals surface area (Å²) in [6.45, 7) is 3.60. The molecule has 0 aromatic heterocycles. The number of hydrogen-bond donors (Lipinski definition) is 2. The standard InChI is InChI=1S/C12H16N4O3/c1-3-18-11-6-9(7-15-16-12(13)14)4-5-10(11)19-8(2)17/h4-7H,3H2,1-2H3,(H4,13,14,16). The topological polar surface area (TPSA) is 112 Å². The molecule has 0 amide bonds. The van der Waals surface area contributed by atoms with Crippen molar-refractivity contribution in [3.63, 3.8) is 0 Å². The van der Waals surface area contributed by atoms with Crippen LogP contribution in [0, 0.1) is 0 Å². The Bertz CT molecular complexity index is 508. The molecule has 0 aliphatic heterocycles. The molecule has 0 radical (unpaired) electrons. The summed E-state index contributed by atoms with van der Waals surface area (Å²) in [5.74, 6) is 0.264. The maximum absolute atomic E-state index is 11.0. The van der Waals surface area contributed by atoms with Crippen LogP contribution in [0.15, 0.2) is 28.4 Å². The molecule has 4 N–H and O–H groups in total. The Morgan fingerprint density at radius 1 is 1.37 bits per heavy atom. The molecular formula is C12H16N4O3. The van der Waals surface area contributed by atoms with Gasteiger partial charge in [-0.2, -0.15) is 5.10 Å². The van der Waals surface area contributed by atoms with Gasteiger partial charge in [0.1, 0.15) is 0 Å². The molecule has 1 aromatic rings. The van der Waals surface area contributed by atoms with E-state index in [0.717, 1.165) is 0 Å². The van der Waals surface area contributed by atoms with Crippen molar-refractivity contribution in [3.8, 4) is 11.5 Å². The molecule has 0 saturated heterocycles. The number of hydrogen-bond acceptors (Lipinski definition) is 5. The largest absolute Gasteiger partial charge is 0.490 e. The van der Waals surface area contributed by atoms with Crippen LogP contribution in [0.1, 0.15) is 19.4 Å². The Labute approximate surface area is 110 Å². The van der Waals surface area contributed by atoms with Crippen molar-refractivity contribution in [2.75, 3.05) is 6.61 Å². The number of benzene rings is 1. The van der Waals surface area contributed by atoms with Crippen LogP contribution in [0.25, 0.3) is 0 Å². The molecule has 0 spiro atoms. The van der Waals surface area contributed by atoms with E-state index in [-0.39, 0.29) is 5.96 Å². The third kappa shape index (κ3) is 5.07. The van der Waals surface area contributed by atoms with Gasteiger partial charge < -0.3 is 20.9 Å². The zero-order valence-electron chi connectivity index (χ0n) is 10.8. The van der Waals surface area contributed by atoms with Crippen molar-refractivity contribution in [1.29, 1.82) is 0 Å². The second-order valence-electron chi connectivity index (χ2n) is 3.50. The highest BCUT2D eigenvalue weighted by atomic mass is 16.6. The molecule has 0 fully saturated rings. The van der Waals surface area contributed by atoms with Gasteiger partial charge in [0.05, 0.1) is 12.8 Å². The zero-order chi connectivity index (χ0) is 14.3. The van der Waals surface area contributed by atoms with Crippen LogP contribution in [0.5, 0.6) is 11.5 Å². The summed E-state index contributed by atoms with van der Waals surface area (Å²) in [5.41, 5.74) is 11.0. The number of carbonyl (C=O) groups excluding carboxylic acids is 1. The third-order valence-electron chi connectivity index (χ3n) is 1.90.